The van der Waals surface area contributed by atoms with Gasteiger partial charge in [0, 0.05) is 38.5 Å². The number of anilines is 1. The van der Waals surface area contributed by atoms with E-state index in [9.17, 15) is 5.11 Å². The summed E-state index contributed by atoms with van der Waals surface area (Å²) in [6.07, 6.45) is 1.93. The topological polar surface area (TPSA) is 69.1 Å². The molecule has 0 radical (unpaired) electrons. The van der Waals surface area contributed by atoms with Crippen LogP contribution in [0.2, 0.25) is 0 Å². The van der Waals surface area contributed by atoms with Gasteiger partial charge in [0.2, 0.25) is 0 Å². The van der Waals surface area contributed by atoms with Crippen LogP contribution < -0.4 is 15.5 Å². The van der Waals surface area contributed by atoms with E-state index in [1.807, 2.05) is 0 Å². The number of aliphatic hydroxyl groups is 1. The molecule has 0 spiro atoms. The van der Waals surface area contributed by atoms with Crippen LogP contribution in [0.5, 0.6) is 0 Å². The zero-order chi connectivity index (χ0) is 20.2. The third-order valence-corrected chi connectivity index (χ3v) is 5.00. The van der Waals surface area contributed by atoms with Gasteiger partial charge in [-0.2, -0.15) is 0 Å². The second-order valence-electron chi connectivity index (χ2n) is 7.81. The van der Waals surface area contributed by atoms with Crippen molar-refractivity contribution < 1.29 is 9.84 Å². The molecule has 0 saturated carbocycles. The van der Waals surface area contributed by atoms with Gasteiger partial charge in [-0.1, -0.05) is 32.0 Å². The normalized spacial score (nSPS) is 15.8. The summed E-state index contributed by atoms with van der Waals surface area (Å²) in [6.45, 7) is 12.5. The van der Waals surface area contributed by atoms with Gasteiger partial charge in [-0.25, -0.2) is 4.99 Å². The Hall–Kier alpha value is -1.06. The molecular weight excluding hydrogens is 479 g/mol. The number of aliphatic hydroxyl groups excluding tert-OH is 1. The van der Waals surface area contributed by atoms with Crippen molar-refractivity contribution in [2.24, 2.45) is 16.8 Å². The van der Waals surface area contributed by atoms with Crippen LogP contribution in [-0.2, 0) is 11.3 Å². The summed E-state index contributed by atoms with van der Waals surface area (Å²) in [5.41, 5.74) is 2.49. The lowest BCUT2D eigenvalue weighted by Gasteiger charge is -2.30. The highest BCUT2D eigenvalue weighted by atomic mass is 127. The second kappa shape index (κ2) is 14.8. The lowest BCUT2D eigenvalue weighted by atomic mass is 9.94. The molecule has 1 saturated heterocycles. The first-order valence-corrected chi connectivity index (χ1v) is 10.7. The van der Waals surface area contributed by atoms with E-state index in [4.69, 9.17) is 9.73 Å². The predicted molar refractivity (Wildman–Crippen MR) is 132 cm³/mol. The van der Waals surface area contributed by atoms with Gasteiger partial charge >= 0.3 is 0 Å². The number of benzene rings is 1. The molecule has 0 amide bonds. The smallest absolute Gasteiger partial charge is 0.191 e. The minimum Gasteiger partial charge on any atom is -0.396 e. The maximum absolute atomic E-state index is 9.34. The van der Waals surface area contributed by atoms with Gasteiger partial charge in [0.15, 0.2) is 5.96 Å². The van der Waals surface area contributed by atoms with E-state index in [-0.39, 0.29) is 30.6 Å². The highest BCUT2D eigenvalue weighted by Gasteiger charge is 2.15. The number of rotatable bonds is 10. The fourth-order valence-electron chi connectivity index (χ4n) is 3.66. The van der Waals surface area contributed by atoms with Gasteiger partial charge in [-0.05, 0) is 43.2 Å². The molecule has 29 heavy (non-hydrogen) atoms. The number of nitrogens with zero attached hydrogens (tertiary/aromatic N) is 2. The van der Waals surface area contributed by atoms with Crippen LogP contribution in [0.3, 0.4) is 0 Å². The molecule has 1 aliphatic heterocycles. The first kappa shape index (κ1) is 26.0. The number of ether oxygens (including phenoxy) is 1. The third kappa shape index (κ3) is 9.53. The Morgan fingerprint density at radius 2 is 1.93 bits per heavy atom. The number of hydrogen-bond donors (Lipinski definition) is 3. The van der Waals surface area contributed by atoms with Crippen LogP contribution in [0, 0.1) is 11.8 Å². The second-order valence-corrected chi connectivity index (χ2v) is 7.81. The van der Waals surface area contributed by atoms with Crippen LogP contribution in [-0.4, -0.2) is 57.1 Å². The number of morpholine rings is 1. The number of halogens is 1. The highest BCUT2D eigenvalue weighted by molar-refractivity contribution is 14.0. The molecule has 7 heteroatoms. The monoisotopic (exact) mass is 518 g/mol. The Bertz CT molecular complexity index is 592. The van der Waals surface area contributed by atoms with Gasteiger partial charge in [0.25, 0.3) is 0 Å². The Labute approximate surface area is 193 Å². The van der Waals surface area contributed by atoms with E-state index in [0.717, 1.165) is 58.2 Å². The SMILES string of the molecule is CCNC(=NCc1ccccc1N1CCOCC1)NCC(CCO)CC(C)C.I. The van der Waals surface area contributed by atoms with E-state index >= 15 is 0 Å². The third-order valence-electron chi connectivity index (χ3n) is 5.00. The number of para-hydroxylation sites is 1. The van der Waals surface area contributed by atoms with Crippen LogP contribution in [0.4, 0.5) is 5.69 Å². The molecule has 0 bridgehead atoms. The van der Waals surface area contributed by atoms with Crippen molar-refractivity contribution in [2.45, 2.75) is 40.2 Å². The average molecular weight is 518 g/mol. The number of hydrogen-bond acceptors (Lipinski definition) is 4. The zero-order valence-corrected chi connectivity index (χ0v) is 20.5. The van der Waals surface area contributed by atoms with E-state index in [1.165, 1.54) is 11.3 Å². The van der Waals surface area contributed by atoms with Gasteiger partial charge in [0.05, 0.1) is 19.8 Å². The van der Waals surface area contributed by atoms with Gasteiger partial charge in [0.1, 0.15) is 0 Å². The summed E-state index contributed by atoms with van der Waals surface area (Å²) in [5, 5.41) is 16.2. The van der Waals surface area contributed by atoms with E-state index in [1.54, 1.807) is 0 Å². The summed E-state index contributed by atoms with van der Waals surface area (Å²) < 4.78 is 5.49. The molecule has 1 unspecified atom stereocenters. The van der Waals surface area contributed by atoms with Gasteiger partial charge < -0.3 is 25.4 Å². The fourth-order valence-corrected chi connectivity index (χ4v) is 3.66. The molecule has 1 aromatic carbocycles. The predicted octanol–water partition coefficient (Wildman–Crippen LogP) is 3.24. The summed E-state index contributed by atoms with van der Waals surface area (Å²) in [5.74, 6) is 1.92. The lowest BCUT2D eigenvalue weighted by molar-refractivity contribution is 0.122. The Morgan fingerprint density at radius 1 is 1.21 bits per heavy atom. The van der Waals surface area contributed by atoms with Crippen molar-refractivity contribution in [3.05, 3.63) is 29.8 Å². The molecule has 166 valence electrons. The van der Waals surface area contributed by atoms with Crippen molar-refractivity contribution in [2.75, 3.05) is 50.9 Å². The summed E-state index contributed by atoms with van der Waals surface area (Å²) in [7, 11) is 0. The van der Waals surface area contributed by atoms with Gasteiger partial charge in [-0.15, -0.1) is 24.0 Å². The minimum absolute atomic E-state index is 0. The van der Waals surface area contributed by atoms with Crippen molar-refractivity contribution >= 4 is 35.6 Å². The molecule has 1 aliphatic rings. The van der Waals surface area contributed by atoms with Crippen LogP contribution in [0.15, 0.2) is 29.3 Å². The number of guanidine groups is 1. The molecular formula is C22H39IN4O2. The Morgan fingerprint density at radius 3 is 2.59 bits per heavy atom. The lowest BCUT2D eigenvalue weighted by Crippen LogP contribution is -2.40. The first-order chi connectivity index (χ1) is 13.6. The maximum Gasteiger partial charge on any atom is 0.191 e. The highest BCUT2D eigenvalue weighted by Crippen LogP contribution is 2.22. The molecule has 0 aromatic heterocycles. The number of nitrogens with one attached hydrogen (secondary N) is 2. The minimum atomic E-state index is 0. The molecule has 1 atom stereocenters. The van der Waals surface area contributed by atoms with Crippen LogP contribution in [0.25, 0.3) is 0 Å². The quantitative estimate of drug-likeness (QED) is 0.252. The average Bonchev–Trinajstić information content (AvgIpc) is 2.70. The molecule has 3 N–H and O–H groups in total. The molecule has 2 rings (SSSR count). The van der Waals surface area contributed by atoms with Crippen molar-refractivity contribution in [1.29, 1.82) is 0 Å². The first-order valence-electron chi connectivity index (χ1n) is 10.7. The summed E-state index contributed by atoms with van der Waals surface area (Å²) in [4.78, 5) is 7.21. The Balaban J connectivity index is 0.00000420. The summed E-state index contributed by atoms with van der Waals surface area (Å²) in [6, 6.07) is 8.50. The van der Waals surface area contributed by atoms with Crippen LogP contribution >= 0.6 is 24.0 Å². The van der Waals surface area contributed by atoms with Crippen molar-refractivity contribution in [1.82, 2.24) is 10.6 Å². The summed E-state index contributed by atoms with van der Waals surface area (Å²) >= 11 is 0. The molecule has 6 nitrogen and oxygen atoms in total. The maximum atomic E-state index is 9.34. The molecule has 1 aromatic rings. The van der Waals surface area contributed by atoms with E-state index in [2.05, 4.69) is 60.6 Å². The molecule has 0 aliphatic carbocycles. The van der Waals surface area contributed by atoms with Crippen molar-refractivity contribution in [3.63, 3.8) is 0 Å². The zero-order valence-electron chi connectivity index (χ0n) is 18.2. The molecule has 1 heterocycles. The van der Waals surface area contributed by atoms with Crippen molar-refractivity contribution in [3.8, 4) is 0 Å². The van der Waals surface area contributed by atoms with E-state index in [0.29, 0.717) is 18.4 Å². The van der Waals surface area contributed by atoms with E-state index < -0.39 is 0 Å². The Kier molecular flexibility index (Phi) is 13.3. The number of aliphatic imine (C=N–C) groups is 1. The standard InChI is InChI=1S/C22H38N4O2.HI/c1-4-23-22(24-16-19(9-12-27)15-18(2)3)25-17-20-7-5-6-8-21(20)26-10-13-28-14-11-26;/h5-8,18-19,27H,4,9-17H2,1-3H3,(H2,23,24,25);1H. The largest absolute Gasteiger partial charge is 0.396 e. The fraction of sp³-hybridized carbons (Fsp3) is 0.682. The van der Waals surface area contributed by atoms with Gasteiger partial charge in [-0.3, -0.25) is 0 Å². The molecule has 1 fully saturated rings. The van der Waals surface area contributed by atoms with Crippen LogP contribution in [0.1, 0.15) is 39.2 Å².